The molecule has 5 heteroatoms. The zero-order valence-electron chi connectivity index (χ0n) is 6.38. The van der Waals surface area contributed by atoms with Gasteiger partial charge in [-0.05, 0) is 6.07 Å². The van der Waals surface area contributed by atoms with E-state index in [9.17, 15) is 4.79 Å². The number of hydrogen-bond acceptors (Lipinski definition) is 3. The molecule has 1 heterocycles. The van der Waals surface area contributed by atoms with E-state index in [-0.39, 0.29) is 12.1 Å². The molecule has 0 fully saturated rings. The topological polar surface area (TPSA) is 84.9 Å². The summed E-state index contributed by atoms with van der Waals surface area (Å²) in [6, 6.07) is 1.07. The van der Waals surface area contributed by atoms with Gasteiger partial charge < -0.3 is 16.5 Å². The number of aromatic amines is 1. The highest BCUT2D eigenvalue weighted by molar-refractivity contribution is 6.30. The van der Waals surface area contributed by atoms with Crippen molar-refractivity contribution in [2.45, 2.75) is 6.04 Å². The first-order chi connectivity index (χ1) is 5.65. The second kappa shape index (κ2) is 3.71. The average Bonchev–Trinajstić information content (AvgIpc) is 2.08. The van der Waals surface area contributed by atoms with Crippen LogP contribution in [0.1, 0.15) is 11.6 Å². The molecule has 5 N–H and O–H groups in total. The molecule has 4 nitrogen and oxygen atoms in total. The third-order valence-electron chi connectivity index (χ3n) is 1.55. The van der Waals surface area contributed by atoms with E-state index in [4.69, 9.17) is 23.1 Å². The minimum atomic E-state index is -0.451. The van der Waals surface area contributed by atoms with Crippen LogP contribution >= 0.6 is 11.6 Å². The second-order valence-corrected chi connectivity index (χ2v) is 2.88. The molecule has 12 heavy (non-hydrogen) atoms. The fourth-order valence-electron chi connectivity index (χ4n) is 0.876. The van der Waals surface area contributed by atoms with Crippen molar-refractivity contribution >= 4 is 11.6 Å². The Morgan fingerprint density at radius 3 is 2.92 bits per heavy atom. The monoisotopic (exact) mass is 187 g/mol. The zero-order valence-corrected chi connectivity index (χ0v) is 7.14. The first-order valence-corrected chi connectivity index (χ1v) is 3.86. The lowest BCUT2D eigenvalue weighted by molar-refractivity contribution is 0.725. The van der Waals surface area contributed by atoms with Crippen LogP contribution < -0.4 is 17.0 Å². The maximum Gasteiger partial charge on any atom is 0.252 e. The molecule has 66 valence electrons. The van der Waals surface area contributed by atoms with E-state index in [0.29, 0.717) is 10.6 Å². The molecule has 0 bridgehead atoms. The summed E-state index contributed by atoms with van der Waals surface area (Å²) in [5.74, 6) is 0. The van der Waals surface area contributed by atoms with Gasteiger partial charge in [-0.2, -0.15) is 0 Å². The van der Waals surface area contributed by atoms with Crippen LogP contribution in [0.25, 0.3) is 0 Å². The smallest absolute Gasteiger partial charge is 0.252 e. The summed E-state index contributed by atoms with van der Waals surface area (Å²) in [5.41, 5.74) is 11.0. The highest BCUT2D eigenvalue weighted by atomic mass is 35.5. The Kier molecular flexibility index (Phi) is 2.86. The van der Waals surface area contributed by atoms with Crippen molar-refractivity contribution in [3.63, 3.8) is 0 Å². The van der Waals surface area contributed by atoms with E-state index in [2.05, 4.69) is 4.98 Å². The molecule has 1 atom stereocenters. The largest absolute Gasteiger partial charge is 0.329 e. The van der Waals surface area contributed by atoms with E-state index >= 15 is 0 Å². The Hall–Kier alpha value is -0.840. The summed E-state index contributed by atoms with van der Waals surface area (Å²) in [5, 5.41) is 0.452. The lowest BCUT2D eigenvalue weighted by atomic mass is 10.1. The Balaban J connectivity index is 3.13. The Labute approximate surface area is 74.5 Å². The molecule has 1 rings (SSSR count). The van der Waals surface area contributed by atoms with Gasteiger partial charge in [0.25, 0.3) is 5.56 Å². The number of aromatic nitrogens is 1. The van der Waals surface area contributed by atoms with Gasteiger partial charge in [-0.25, -0.2) is 0 Å². The minimum absolute atomic E-state index is 0.226. The maximum absolute atomic E-state index is 11.1. The van der Waals surface area contributed by atoms with Crippen LogP contribution in [0.2, 0.25) is 5.02 Å². The SMILES string of the molecule is NCC(N)c1cc(Cl)c[nH]c1=O. The molecular formula is C7H10ClN3O. The van der Waals surface area contributed by atoms with Gasteiger partial charge in [0.2, 0.25) is 0 Å². The van der Waals surface area contributed by atoms with Gasteiger partial charge in [-0.1, -0.05) is 11.6 Å². The lowest BCUT2D eigenvalue weighted by Gasteiger charge is -2.06. The molecule has 0 radical (unpaired) electrons. The number of halogens is 1. The maximum atomic E-state index is 11.1. The molecule has 1 aromatic heterocycles. The fourth-order valence-corrected chi connectivity index (χ4v) is 1.05. The van der Waals surface area contributed by atoms with Crippen LogP contribution in [-0.2, 0) is 0 Å². The number of hydrogen-bond donors (Lipinski definition) is 3. The molecular weight excluding hydrogens is 178 g/mol. The van der Waals surface area contributed by atoms with Gasteiger partial charge in [0.05, 0.1) is 5.02 Å². The van der Waals surface area contributed by atoms with Gasteiger partial charge >= 0.3 is 0 Å². The third-order valence-corrected chi connectivity index (χ3v) is 1.77. The van der Waals surface area contributed by atoms with Crippen molar-refractivity contribution in [3.05, 3.63) is 33.2 Å². The molecule has 0 aromatic carbocycles. The summed E-state index contributed by atoms with van der Waals surface area (Å²) in [4.78, 5) is 13.6. The number of nitrogens with one attached hydrogen (secondary N) is 1. The molecule has 0 saturated carbocycles. The van der Waals surface area contributed by atoms with Gasteiger partial charge in [0.1, 0.15) is 0 Å². The Morgan fingerprint density at radius 2 is 2.33 bits per heavy atom. The minimum Gasteiger partial charge on any atom is -0.329 e. The van der Waals surface area contributed by atoms with Crippen LogP contribution in [0.4, 0.5) is 0 Å². The van der Waals surface area contributed by atoms with E-state index in [1.807, 2.05) is 0 Å². The molecule has 0 amide bonds. The summed E-state index contributed by atoms with van der Waals surface area (Å²) in [6.07, 6.45) is 1.41. The second-order valence-electron chi connectivity index (χ2n) is 2.44. The summed E-state index contributed by atoms with van der Waals surface area (Å²) in [7, 11) is 0. The van der Waals surface area contributed by atoms with Gasteiger partial charge in [-0.3, -0.25) is 4.79 Å². The molecule has 0 saturated heterocycles. The van der Waals surface area contributed by atoms with Crippen molar-refractivity contribution in [2.24, 2.45) is 11.5 Å². The Morgan fingerprint density at radius 1 is 1.67 bits per heavy atom. The molecule has 0 aliphatic rings. The van der Waals surface area contributed by atoms with Crippen molar-refractivity contribution < 1.29 is 0 Å². The predicted octanol–water partition coefficient (Wildman–Crippen LogP) is -0.0132. The van der Waals surface area contributed by atoms with Crippen LogP contribution in [0.3, 0.4) is 0 Å². The first-order valence-electron chi connectivity index (χ1n) is 3.49. The zero-order chi connectivity index (χ0) is 9.14. The average molecular weight is 188 g/mol. The van der Waals surface area contributed by atoms with Gasteiger partial charge in [-0.15, -0.1) is 0 Å². The standard InChI is InChI=1S/C7H10ClN3O/c8-4-1-5(6(10)2-9)7(12)11-3-4/h1,3,6H,2,9-10H2,(H,11,12). The summed E-state index contributed by atoms with van der Waals surface area (Å²) < 4.78 is 0. The van der Waals surface area contributed by atoms with Crippen LogP contribution in [0.5, 0.6) is 0 Å². The van der Waals surface area contributed by atoms with Crippen LogP contribution in [0, 0.1) is 0 Å². The van der Waals surface area contributed by atoms with E-state index in [1.54, 1.807) is 0 Å². The molecule has 0 aliphatic heterocycles. The molecule has 1 unspecified atom stereocenters. The lowest BCUT2D eigenvalue weighted by Crippen LogP contribution is -2.27. The van der Waals surface area contributed by atoms with Crippen LogP contribution in [-0.4, -0.2) is 11.5 Å². The normalized spacial score (nSPS) is 12.9. The van der Waals surface area contributed by atoms with Gasteiger partial charge in [0, 0.05) is 24.3 Å². The van der Waals surface area contributed by atoms with Crippen molar-refractivity contribution in [1.29, 1.82) is 0 Å². The first kappa shape index (κ1) is 9.25. The number of pyridine rings is 1. The van der Waals surface area contributed by atoms with Crippen molar-refractivity contribution in [3.8, 4) is 0 Å². The highest BCUT2D eigenvalue weighted by Gasteiger charge is 2.08. The van der Waals surface area contributed by atoms with Crippen molar-refractivity contribution in [2.75, 3.05) is 6.54 Å². The summed E-state index contributed by atoms with van der Waals surface area (Å²) >= 11 is 5.65. The number of rotatable bonds is 2. The van der Waals surface area contributed by atoms with E-state index < -0.39 is 6.04 Å². The summed E-state index contributed by atoms with van der Waals surface area (Å²) in [6.45, 7) is 0.226. The number of H-pyrrole nitrogens is 1. The Bertz CT molecular complexity index is 323. The molecule has 0 spiro atoms. The van der Waals surface area contributed by atoms with E-state index in [1.165, 1.54) is 12.3 Å². The van der Waals surface area contributed by atoms with Crippen LogP contribution in [0.15, 0.2) is 17.1 Å². The quantitative estimate of drug-likeness (QED) is 0.609. The predicted molar refractivity (Wildman–Crippen MR) is 48.1 cm³/mol. The van der Waals surface area contributed by atoms with Gasteiger partial charge in [0.15, 0.2) is 0 Å². The number of nitrogens with two attached hydrogens (primary N) is 2. The molecule has 0 aliphatic carbocycles. The van der Waals surface area contributed by atoms with Crippen molar-refractivity contribution in [1.82, 2.24) is 4.98 Å². The third kappa shape index (κ3) is 1.85. The highest BCUT2D eigenvalue weighted by Crippen LogP contribution is 2.09. The molecule has 1 aromatic rings. The van der Waals surface area contributed by atoms with E-state index in [0.717, 1.165) is 0 Å². The fraction of sp³-hybridized carbons (Fsp3) is 0.286.